The summed E-state index contributed by atoms with van der Waals surface area (Å²) in [6.07, 6.45) is 2.03. The van der Waals surface area contributed by atoms with Gasteiger partial charge in [-0.3, -0.25) is 4.79 Å². The van der Waals surface area contributed by atoms with Gasteiger partial charge in [0, 0.05) is 54.4 Å². The van der Waals surface area contributed by atoms with Crippen molar-refractivity contribution in [2.75, 3.05) is 32.1 Å². The number of hydrogen-bond acceptors (Lipinski definition) is 3. The maximum absolute atomic E-state index is 12.5. The van der Waals surface area contributed by atoms with E-state index in [0.717, 1.165) is 27.7 Å². The molecule has 3 aromatic carbocycles. The van der Waals surface area contributed by atoms with E-state index >= 15 is 0 Å². The van der Waals surface area contributed by atoms with Crippen LogP contribution in [0, 0.1) is 0 Å². The molecule has 1 amide bonds. The first kappa shape index (κ1) is 21.8. The fraction of sp³-hybridized carbons (Fsp3) is 0.192. The molecule has 0 radical (unpaired) electrons. The number of carbonyl (C=O) groups is 1. The Bertz CT molecular complexity index is 1180. The van der Waals surface area contributed by atoms with E-state index in [2.05, 4.69) is 51.6 Å². The Hall–Kier alpha value is -3.44. The number of nitrogens with zero attached hydrogens (tertiary/aromatic N) is 1. The number of anilines is 1. The smallest absolute Gasteiger partial charge is 0.257 e. The highest BCUT2D eigenvalue weighted by atomic mass is 35.5. The van der Waals surface area contributed by atoms with Crippen molar-refractivity contribution in [2.45, 2.75) is 5.92 Å². The van der Waals surface area contributed by atoms with Crippen molar-refractivity contribution >= 4 is 34.1 Å². The number of aromatic nitrogens is 1. The van der Waals surface area contributed by atoms with Gasteiger partial charge in [-0.25, -0.2) is 0 Å². The van der Waals surface area contributed by atoms with Crippen molar-refractivity contribution in [3.63, 3.8) is 0 Å². The van der Waals surface area contributed by atoms with Crippen LogP contribution in [-0.4, -0.2) is 38.1 Å². The van der Waals surface area contributed by atoms with Crippen LogP contribution >= 0.6 is 11.6 Å². The number of carbonyl (C=O) groups excluding carboxylic acids is 1. The standard InChI is InChI=1S/C26H26ClN3O2/c1-30(2)20-11-7-18(8-12-20)23(24-16-28-25-6-4-3-5-22(24)25)15-29-26(31)17-32-21-13-9-19(27)10-14-21/h3-14,16,23,28H,15,17H2,1-2H3,(H,29,31). The van der Waals surface area contributed by atoms with E-state index in [0.29, 0.717) is 17.3 Å². The minimum absolute atomic E-state index is 0.00171. The second kappa shape index (κ2) is 9.79. The SMILES string of the molecule is CN(C)c1ccc(C(CNC(=O)COc2ccc(Cl)cc2)c2c[nH]c3ccccc23)cc1. The van der Waals surface area contributed by atoms with E-state index in [4.69, 9.17) is 16.3 Å². The minimum atomic E-state index is -0.172. The van der Waals surface area contributed by atoms with Crippen LogP contribution in [0.25, 0.3) is 10.9 Å². The molecule has 4 rings (SSSR count). The van der Waals surface area contributed by atoms with Crippen molar-refractivity contribution in [1.29, 1.82) is 0 Å². The number of aromatic amines is 1. The van der Waals surface area contributed by atoms with E-state index < -0.39 is 0 Å². The number of amides is 1. The highest BCUT2D eigenvalue weighted by Gasteiger charge is 2.19. The van der Waals surface area contributed by atoms with Crippen LogP contribution in [0.15, 0.2) is 79.0 Å². The molecule has 164 valence electrons. The molecule has 0 fully saturated rings. The molecule has 0 spiro atoms. The summed E-state index contributed by atoms with van der Waals surface area (Å²) in [5.74, 6) is 0.438. The molecule has 4 aromatic rings. The van der Waals surface area contributed by atoms with Crippen LogP contribution in [0.3, 0.4) is 0 Å². The van der Waals surface area contributed by atoms with Crippen molar-refractivity contribution in [1.82, 2.24) is 10.3 Å². The molecule has 1 atom stereocenters. The molecule has 1 aromatic heterocycles. The Morgan fingerprint density at radius 3 is 2.47 bits per heavy atom. The Morgan fingerprint density at radius 1 is 1.03 bits per heavy atom. The number of para-hydroxylation sites is 1. The van der Waals surface area contributed by atoms with Gasteiger partial charge in [0.25, 0.3) is 5.91 Å². The first-order valence-electron chi connectivity index (χ1n) is 10.5. The predicted octanol–water partition coefficient (Wildman–Crippen LogP) is 5.21. The average molecular weight is 448 g/mol. The summed E-state index contributed by atoms with van der Waals surface area (Å²) in [7, 11) is 4.04. The number of rotatable bonds is 8. The maximum Gasteiger partial charge on any atom is 0.257 e. The maximum atomic E-state index is 12.5. The summed E-state index contributed by atoms with van der Waals surface area (Å²) in [6, 6.07) is 23.6. The molecule has 1 heterocycles. The average Bonchev–Trinajstić information content (AvgIpc) is 3.23. The van der Waals surface area contributed by atoms with E-state index in [1.54, 1.807) is 24.3 Å². The first-order valence-corrected chi connectivity index (χ1v) is 10.9. The summed E-state index contributed by atoms with van der Waals surface area (Å²) < 4.78 is 5.58. The van der Waals surface area contributed by atoms with Gasteiger partial charge in [0.2, 0.25) is 0 Å². The van der Waals surface area contributed by atoms with Gasteiger partial charge in [-0.05, 0) is 53.6 Å². The molecule has 1 unspecified atom stereocenters. The summed E-state index contributed by atoms with van der Waals surface area (Å²) in [6.45, 7) is 0.410. The molecular formula is C26H26ClN3O2. The molecule has 2 N–H and O–H groups in total. The lowest BCUT2D eigenvalue weighted by atomic mass is 9.90. The zero-order valence-electron chi connectivity index (χ0n) is 18.1. The Labute approximate surface area is 193 Å². The molecule has 0 aliphatic carbocycles. The molecule has 0 aliphatic heterocycles. The Balaban J connectivity index is 1.51. The molecule has 0 saturated heterocycles. The monoisotopic (exact) mass is 447 g/mol. The predicted molar refractivity (Wildman–Crippen MR) is 131 cm³/mol. The van der Waals surface area contributed by atoms with Crippen LogP contribution in [0.5, 0.6) is 5.75 Å². The minimum Gasteiger partial charge on any atom is -0.484 e. The van der Waals surface area contributed by atoms with E-state index in [1.807, 2.05) is 32.4 Å². The summed E-state index contributed by atoms with van der Waals surface area (Å²) in [5.41, 5.74) is 4.50. The summed E-state index contributed by atoms with van der Waals surface area (Å²) in [4.78, 5) is 17.9. The Kier molecular flexibility index (Phi) is 6.66. The highest BCUT2D eigenvalue weighted by Crippen LogP contribution is 2.31. The van der Waals surface area contributed by atoms with Gasteiger partial charge in [0.1, 0.15) is 5.75 Å². The zero-order valence-corrected chi connectivity index (χ0v) is 18.9. The number of hydrogen-bond donors (Lipinski definition) is 2. The van der Waals surface area contributed by atoms with E-state index in [1.165, 1.54) is 0 Å². The fourth-order valence-corrected chi connectivity index (χ4v) is 3.87. The third-order valence-electron chi connectivity index (χ3n) is 5.50. The van der Waals surface area contributed by atoms with E-state index in [-0.39, 0.29) is 18.4 Å². The molecule has 0 bridgehead atoms. The zero-order chi connectivity index (χ0) is 22.5. The Morgan fingerprint density at radius 2 is 1.75 bits per heavy atom. The number of ether oxygens (including phenoxy) is 1. The van der Waals surface area contributed by atoms with Crippen molar-refractivity contribution in [3.05, 3.63) is 95.1 Å². The quantitative estimate of drug-likeness (QED) is 0.389. The molecular weight excluding hydrogens is 422 g/mol. The second-order valence-electron chi connectivity index (χ2n) is 7.87. The van der Waals surface area contributed by atoms with Gasteiger partial charge in [0.15, 0.2) is 6.61 Å². The van der Waals surface area contributed by atoms with Crippen LogP contribution in [0.1, 0.15) is 17.0 Å². The largest absolute Gasteiger partial charge is 0.484 e. The van der Waals surface area contributed by atoms with Gasteiger partial charge in [0.05, 0.1) is 0 Å². The van der Waals surface area contributed by atoms with Gasteiger partial charge >= 0.3 is 0 Å². The van der Waals surface area contributed by atoms with Crippen LogP contribution in [0.2, 0.25) is 5.02 Å². The third-order valence-corrected chi connectivity index (χ3v) is 5.75. The first-order chi connectivity index (χ1) is 15.5. The molecule has 32 heavy (non-hydrogen) atoms. The summed E-state index contributed by atoms with van der Waals surface area (Å²) >= 11 is 5.89. The third kappa shape index (κ3) is 5.06. The van der Waals surface area contributed by atoms with Crippen LogP contribution < -0.4 is 15.0 Å². The number of nitrogens with one attached hydrogen (secondary N) is 2. The molecule has 6 heteroatoms. The number of H-pyrrole nitrogens is 1. The molecule has 0 aliphatic rings. The molecule has 0 saturated carbocycles. The van der Waals surface area contributed by atoms with Crippen LogP contribution in [0.4, 0.5) is 5.69 Å². The summed E-state index contributed by atoms with van der Waals surface area (Å²) in [5, 5.41) is 4.82. The van der Waals surface area contributed by atoms with Crippen molar-refractivity contribution in [3.8, 4) is 5.75 Å². The van der Waals surface area contributed by atoms with E-state index in [9.17, 15) is 4.79 Å². The van der Waals surface area contributed by atoms with Gasteiger partial charge in [-0.15, -0.1) is 0 Å². The van der Waals surface area contributed by atoms with Crippen molar-refractivity contribution in [2.24, 2.45) is 0 Å². The lowest BCUT2D eigenvalue weighted by molar-refractivity contribution is -0.123. The number of benzene rings is 3. The second-order valence-corrected chi connectivity index (χ2v) is 8.31. The topological polar surface area (TPSA) is 57.4 Å². The number of fused-ring (bicyclic) bond motifs is 1. The highest BCUT2D eigenvalue weighted by molar-refractivity contribution is 6.30. The fourth-order valence-electron chi connectivity index (χ4n) is 3.74. The van der Waals surface area contributed by atoms with Crippen molar-refractivity contribution < 1.29 is 9.53 Å². The lowest BCUT2D eigenvalue weighted by Crippen LogP contribution is -2.32. The molecule has 5 nitrogen and oxygen atoms in total. The van der Waals surface area contributed by atoms with Crippen LogP contribution in [-0.2, 0) is 4.79 Å². The normalized spacial score (nSPS) is 11.8. The lowest BCUT2D eigenvalue weighted by Gasteiger charge is -2.20. The van der Waals surface area contributed by atoms with Gasteiger partial charge in [-0.1, -0.05) is 41.9 Å². The van der Waals surface area contributed by atoms with Gasteiger partial charge < -0.3 is 19.9 Å². The van der Waals surface area contributed by atoms with Gasteiger partial charge in [-0.2, -0.15) is 0 Å². The number of halogens is 1.